The molecule has 3 rings (SSSR count). The third-order valence-electron chi connectivity index (χ3n) is 4.60. The molecule has 0 bridgehead atoms. The molecule has 4 N–H and O–H groups in total. The Labute approximate surface area is 193 Å². The second-order valence-electron chi connectivity index (χ2n) is 6.74. The fourth-order valence-corrected chi connectivity index (χ4v) is 3.00. The summed E-state index contributed by atoms with van der Waals surface area (Å²) in [5.41, 5.74) is 2.02. The zero-order chi connectivity index (χ0) is 19.9. The summed E-state index contributed by atoms with van der Waals surface area (Å²) >= 11 is 0. The van der Waals surface area contributed by atoms with Crippen LogP contribution in [0.3, 0.4) is 0 Å². The zero-order valence-electron chi connectivity index (χ0n) is 17.3. The molecule has 148 valence electrons. The minimum atomic E-state index is -1.08. The molecule has 8 heteroatoms. The number of carboxylic acid groups (broad SMARTS) is 1. The molecule has 29 heavy (non-hydrogen) atoms. The summed E-state index contributed by atoms with van der Waals surface area (Å²) in [6, 6.07) is 16.7. The van der Waals surface area contributed by atoms with Crippen LogP contribution >= 0.6 is 0 Å². The van der Waals surface area contributed by atoms with Crippen LogP contribution in [0.4, 0.5) is 0 Å². The molecule has 7 nitrogen and oxygen atoms in total. The quantitative estimate of drug-likeness (QED) is 0.274. The summed E-state index contributed by atoms with van der Waals surface area (Å²) in [6.45, 7) is 0.448. The number of carboxylic acids is 1. The van der Waals surface area contributed by atoms with Gasteiger partial charge in [-0.05, 0) is 17.5 Å². The van der Waals surface area contributed by atoms with Crippen LogP contribution < -0.4 is 45.5 Å². The normalized spacial score (nSPS) is 18.1. The van der Waals surface area contributed by atoms with Gasteiger partial charge in [0, 0.05) is 13.0 Å². The van der Waals surface area contributed by atoms with Gasteiger partial charge < -0.3 is 17.2 Å². The molecule has 0 aromatic heterocycles. The molecule has 0 spiro atoms. The van der Waals surface area contributed by atoms with Crippen molar-refractivity contribution in [2.24, 2.45) is 0 Å². The van der Waals surface area contributed by atoms with Crippen molar-refractivity contribution in [2.75, 3.05) is 6.54 Å². The first-order chi connectivity index (χ1) is 13.5. The molecule has 1 aliphatic rings. The van der Waals surface area contributed by atoms with Gasteiger partial charge in [0.1, 0.15) is 18.1 Å². The van der Waals surface area contributed by atoms with Gasteiger partial charge in [0.2, 0.25) is 11.8 Å². The minimum absolute atomic E-state index is 0. The van der Waals surface area contributed by atoms with Crippen molar-refractivity contribution in [3.8, 4) is 0 Å². The zero-order valence-corrected chi connectivity index (χ0v) is 18.3. The largest absolute Gasteiger partial charge is 1.00 e. The SMILES string of the molecule is O=C(NCCc1ccccc1)[C@H](Cc1ccccc1)NC(=O)[C@H]1N[C@@H]1C(=O)O.[H-].[Na+]. The number of nitrogens with one attached hydrogen (secondary N) is 3. The van der Waals surface area contributed by atoms with Crippen molar-refractivity contribution in [1.29, 1.82) is 0 Å². The predicted octanol–water partition coefficient (Wildman–Crippen LogP) is -2.39. The van der Waals surface area contributed by atoms with E-state index in [4.69, 9.17) is 5.11 Å². The van der Waals surface area contributed by atoms with Crippen molar-refractivity contribution < 1.29 is 50.5 Å². The van der Waals surface area contributed by atoms with Gasteiger partial charge in [0.05, 0.1) is 0 Å². The Morgan fingerprint density at radius 1 is 0.966 bits per heavy atom. The first-order valence-electron chi connectivity index (χ1n) is 9.19. The molecule has 1 aliphatic heterocycles. The van der Waals surface area contributed by atoms with E-state index in [0.717, 1.165) is 11.1 Å². The predicted molar refractivity (Wildman–Crippen MR) is 105 cm³/mol. The maximum absolute atomic E-state index is 12.7. The molecule has 1 heterocycles. The fourth-order valence-electron chi connectivity index (χ4n) is 3.00. The molecule has 0 unspecified atom stereocenters. The standard InChI is InChI=1S/C21H23N3O4.Na.H/c25-19(22-12-11-14-7-3-1-4-8-14)16(13-15-9-5-2-6-10-15)23-20(26)17-18(24-17)21(27)28;;/h1-10,16-18,24H,11-13H2,(H,22,25)(H,23,26)(H,27,28);;/q;+1;-1/t16-,17-,18-;;/m0../s1. The van der Waals surface area contributed by atoms with Gasteiger partial charge in [-0.2, -0.15) is 0 Å². The number of rotatable bonds is 9. The van der Waals surface area contributed by atoms with E-state index in [-0.39, 0.29) is 36.9 Å². The van der Waals surface area contributed by atoms with E-state index >= 15 is 0 Å². The van der Waals surface area contributed by atoms with Gasteiger partial charge in [-0.25, -0.2) is 0 Å². The van der Waals surface area contributed by atoms with E-state index in [1.807, 2.05) is 60.7 Å². The Bertz CT molecular complexity index is 839. The number of carbonyl (C=O) groups excluding carboxylic acids is 2. The summed E-state index contributed by atoms with van der Waals surface area (Å²) < 4.78 is 0. The minimum Gasteiger partial charge on any atom is -1.00 e. The summed E-state index contributed by atoms with van der Waals surface area (Å²) in [6.07, 6.45) is 1.01. The van der Waals surface area contributed by atoms with Crippen LogP contribution in [0.15, 0.2) is 60.7 Å². The Balaban J connectivity index is 0.00000225. The molecule has 2 amide bonds. The van der Waals surface area contributed by atoms with Gasteiger partial charge in [-0.1, -0.05) is 60.7 Å². The summed E-state index contributed by atoms with van der Waals surface area (Å²) in [5, 5.41) is 17.1. The van der Waals surface area contributed by atoms with Crippen LogP contribution in [0.25, 0.3) is 0 Å². The van der Waals surface area contributed by atoms with Crippen LogP contribution in [-0.4, -0.2) is 47.6 Å². The third-order valence-corrected chi connectivity index (χ3v) is 4.60. The molecule has 2 aromatic carbocycles. The van der Waals surface area contributed by atoms with Crippen LogP contribution in [0.2, 0.25) is 0 Å². The van der Waals surface area contributed by atoms with Gasteiger partial charge in [-0.15, -0.1) is 0 Å². The Kier molecular flexibility index (Phi) is 8.85. The second kappa shape index (κ2) is 11.1. The third kappa shape index (κ3) is 6.97. The Hall–Kier alpha value is -2.19. The number of carbonyl (C=O) groups is 3. The number of aliphatic carboxylic acids is 1. The average molecular weight is 405 g/mol. The van der Waals surface area contributed by atoms with Gasteiger partial charge >= 0.3 is 35.5 Å². The summed E-state index contributed by atoms with van der Waals surface area (Å²) in [7, 11) is 0. The van der Waals surface area contributed by atoms with E-state index in [1.165, 1.54) is 0 Å². The Morgan fingerprint density at radius 3 is 2.10 bits per heavy atom. The van der Waals surface area contributed by atoms with E-state index < -0.39 is 30.0 Å². The molecule has 0 aliphatic carbocycles. The average Bonchev–Trinajstić information content (AvgIpc) is 3.50. The van der Waals surface area contributed by atoms with Crippen molar-refractivity contribution in [3.63, 3.8) is 0 Å². The van der Waals surface area contributed by atoms with Crippen LogP contribution in [-0.2, 0) is 27.2 Å². The first-order valence-corrected chi connectivity index (χ1v) is 9.19. The summed E-state index contributed by atoms with van der Waals surface area (Å²) in [5.74, 6) is -1.85. The number of hydrogen-bond acceptors (Lipinski definition) is 4. The van der Waals surface area contributed by atoms with Gasteiger partial charge in [0.15, 0.2) is 0 Å². The number of amides is 2. The number of hydrogen-bond donors (Lipinski definition) is 4. The topological polar surface area (TPSA) is 117 Å². The van der Waals surface area contributed by atoms with E-state index in [9.17, 15) is 14.4 Å². The van der Waals surface area contributed by atoms with Crippen LogP contribution in [0.1, 0.15) is 12.6 Å². The second-order valence-corrected chi connectivity index (χ2v) is 6.74. The molecular formula is C21H24N3NaO4. The summed E-state index contributed by atoms with van der Waals surface area (Å²) in [4.78, 5) is 35.9. The Morgan fingerprint density at radius 2 is 1.55 bits per heavy atom. The molecule has 0 saturated carbocycles. The van der Waals surface area contributed by atoms with E-state index in [1.54, 1.807) is 0 Å². The van der Waals surface area contributed by atoms with Gasteiger partial charge in [-0.3, -0.25) is 19.7 Å². The van der Waals surface area contributed by atoms with Crippen molar-refractivity contribution in [2.45, 2.75) is 31.0 Å². The molecular weight excluding hydrogens is 381 g/mol. The van der Waals surface area contributed by atoms with Crippen molar-refractivity contribution in [3.05, 3.63) is 71.8 Å². The molecule has 2 aromatic rings. The molecule has 3 atom stereocenters. The van der Waals surface area contributed by atoms with E-state index in [0.29, 0.717) is 19.4 Å². The fraction of sp³-hybridized carbons (Fsp3) is 0.286. The van der Waals surface area contributed by atoms with Crippen molar-refractivity contribution in [1.82, 2.24) is 16.0 Å². The smallest absolute Gasteiger partial charge is 1.00 e. The van der Waals surface area contributed by atoms with E-state index in [2.05, 4.69) is 16.0 Å². The molecule has 0 radical (unpaired) electrons. The van der Waals surface area contributed by atoms with Gasteiger partial charge in [0.25, 0.3) is 0 Å². The monoisotopic (exact) mass is 405 g/mol. The maximum atomic E-state index is 12.7. The molecule has 1 fully saturated rings. The van der Waals surface area contributed by atoms with Crippen LogP contribution in [0.5, 0.6) is 0 Å². The molecule has 1 saturated heterocycles. The van der Waals surface area contributed by atoms with Crippen molar-refractivity contribution >= 4 is 17.8 Å². The number of benzene rings is 2. The maximum Gasteiger partial charge on any atom is 1.00 e. The van der Waals surface area contributed by atoms with Crippen LogP contribution in [0, 0.1) is 0 Å². The first kappa shape index (κ1) is 23.1.